The van der Waals surface area contributed by atoms with Crippen molar-refractivity contribution < 1.29 is 4.79 Å². The Morgan fingerprint density at radius 2 is 1.62 bits per heavy atom. The lowest BCUT2D eigenvalue weighted by Crippen LogP contribution is -2.24. The Morgan fingerprint density at radius 3 is 2.19 bits per heavy atom. The van der Waals surface area contributed by atoms with Gasteiger partial charge in [-0.15, -0.1) is 0 Å². The second-order valence-corrected chi connectivity index (χ2v) is 6.03. The predicted molar refractivity (Wildman–Crippen MR) is 92.3 cm³/mol. The molecule has 0 N–H and O–H groups in total. The number of rotatable bonds is 11. The molecule has 0 spiro atoms. The number of benzene rings is 1. The first kappa shape index (κ1) is 17.7. The third-order valence-electron chi connectivity index (χ3n) is 4.40. The topological polar surface area (TPSA) is 17.1 Å². The van der Waals surface area contributed by atoms with Crippen molar-refractivity contribution in [2.24, 2.45) is 5.41 Å². The van der Waals surface area contributed by atoms with Gasteiger partial charge in [-0.2, -0.15) is 0 Å². The number of unbranched alkanes of at least 4 members (excludes halogenated alkanes) is 4. The second-order valence-electron chi connectivity index (χ2n) is 6.03. The molecule has 0 unspecified atom stereocenters. The molecule has 116 valence electrons. The Morgan fingerprint density at radius 1 is 1.00 bits per heavy atom. The van der Waals surface area contributed by atoms with Crippen molar-refractivity contribution in [2.75, 3.05) is 0 Å². The SMILES string of the molecule is C=C(c1ccccc1)[C@](C=O)(CCCC)CCCCCC. The molecule has 0 heterocycles. The lowest BCUT2D eigenvalue weighted by Gasteiger charge is -2.31. The fourth-order valence-electron chi connectivity index (χ4n) is 2.90. The normalized spacial score (nSPS) is 13.6. The van der Waals surface area contributed by atoms with E-state index in [0.717, 1.165) is 43.2 Å². The molecule has 0 amide bonds. The Hall–Kier alpha value is -1.37. The molecule has 1 atom stereocenters. The summed E-state index contributed by atoms with van der Waals surface area (Å²) in [5, 5.41) is 0. The summed E-state index contributed by atoms with van der Waals surface area (Å²) >= 11 is 0. The fraction of sp³-hybridized carbons (Fsp3) is 0.550. The van der Waals surface area contributed by atoms with E-state index in [1.165, 1.54) is 25.5 Å². The van der Waals surface area contributed by atoms with Gasteiger partial charge in [-0.1, -0.05) is 89.3 Å². The number of carbonyl (C=O) groups excluding carboxylic acids is 1. The third kappa shape index (κ3) is 5.15. The average molecular weight is 286 g/mol. The number of hydrogen-bond donors (Lipinski definition) is 0. The molecule has 0 aliphatic rings. The largest absolute Gasteiger partial charge is 0.302 e. The van der Waals surface area contributed by atoms with Crippen LogP contribution < -0.4 is 0 Å². The standard InChI is InChI=1S/C20H30O/c1-4-6-8-12-16-20(17-21,15-7-5-2)18(3)19-13-10-9-11-14-19/h9-11,13-14,17H,3-8,12,15-16H2,1-2H3/t20-/m1/s1. The fourth-order valence-corrected chi connectivity index (χ4v) is 2.90. The molecule has 0 aliphatic carbocycles. The summed E-state index contributed by atoms with van der Waals surface area (Å²) in [7, 11) is 0. The highest BCUT2D eigenvalue weighted by atomic mass is 16.1. The van der Waals surface area contributed by atoms with E-state index in [1.807, 2.05) is 18.2 Å². The maximum absolute atomic E-state index is 12.0. The minimum Gasteiger partial charge on any atom is -0.302 e. The molecule has 1 aromatic rings. The van der Waals surface area contributed by atoms with Gasteiger partial charge in [0.25, 0.3) is 0 Å². The molecule has 1 rings (SSSR count). The molecule has 1 nitrogen and oxygen atoms in total. The molecule has 1 heteroatoms. The van der Waals surface area contributed by atoms with Crippen LogP contribution >= 0.6 is 0 Å². The van der Waals surface area contributed by atoms with Crippen molar-refractivity contribution in [3.8, 4) is 0 Å². The van der Waals surface area contributed by atoms with E-state index in [0.29, 0.717) is 0 Å². The average Bonchev–Trinajstić information content (AvgIpc) is 2.55. The van der Waals surface area contributed by atoms with E-state index >= 15 is 0 Å². The first-order valence-corrected chi connectivity index (χ1v) is 8.41. The van der Waals surface area contributed by atoms with Crippen molar-refractivity contribution >= 4 is 11.9 Å². The van der Waals surface area contributed by atoms with Gasteiger partial charge in [0, 0.05) is 0 Å². The van der Waals surface area contributed by atoms with Crippen LogP contribution in [0.1, 0.15) is 70.8 Å². The van der Waals surface area contributed by atoms with Crippen molar-refractivity contribution in [1.29, 1.82) is 0 Å². The third-order valence-corrected chi connectivity index (χ3v) is 4.40. The Balaban J connectivity index is 2.88. The summed E-state index contributed by atoms with van der Waals surface area (Å²) in [5.74, 6) is 0. The molecule has 0 bridgehead atoms. The van der Waals surface area contributed by atoms with Crippen LogP contribution in [0.5, 0.6) is 0 Å². The monoisotopic (exact) mass is 286 g/mol. The van der Waals surface area contributed by atoms with Gasteiger partial charge < -0.3 is 4.79 Å². The van der Waals surface area contributed by atoms with Gasteiger partial charge in [-0.3, -0.25) is 0 Å². The number of hydrogen-bond acceptors (Lipinski definition) is 1. The van der Waals surface area contributed by atoms with Crippen LogP contribution in [0.3, 0.4) is 0 Å². The van der Waals surface area contributed by atoms with Crippen molar-refractivity contribution in [1.82, 2.24) is 0 Å². The van der Waals surface area contributed by atoms with E-state index < -0.39 is 0 Å². The maximum atomic E-state index is 12.0. The summed E-state index contributed by atoms with van der Waals surface area (Å²) < 4.78 is 0. The molecule has 0 fully saturated rings. The van der Waals surface area contributed by atoms with Crippen LogP contribution in [0, 0.1) is 5.41 Å². The maximum Gasteiger partial charge on any atom is 0.130 e. The van der Waals surface area contributed by atoms with Gasteiger partial charge in [0.05, 0.1) is 5.41 Å². The summed E-state index contributed by atoms with van der Waals surface area (Å²) in [4.78, 5) is 12.0. The van der Waals surface area contributed by atoms with Crippen LogP contribution in [-0.4, -0.2) is 6.29 Å². The zero-order valence-electron chi connectivity index (χ0n) is 13.7. The lowest BCUT2D eigenvalue weighted by molar-refractivity contribution is -0.114. The molecule has 0 radical (unpaired) electrons. The van der Waals surface area contributed by atoms with Crippen LogP contribution in [0.4, 0.5) is 0 Å². The zero-order valence-corrected chi connectivity index (χ0v) is 13.7. The van der Waals surface area contributed by atoms with Crippen LogP contribution in [-0.2, 0) is 4.79 Å². The first-order valence-electron chi connectivity index (χ1n) is 8.41. The summed E-state index contributed by atoms with van der Waals surface area (Å²) in [6.45, 7) is 8.68. The van der Waals surface area contributed by atoms with Gasteiger partial charge in [0.15, 0.2) is 0 Å². The number of aldehydes is 1. The minimum atomic E-state index is -0.370. The summed E-state index contributed by atoms with van der Waals surface area (Å²) in [6.07, 6.45) is 10.0. The van der Waals surface area contributed by atoms with E-state index in [-0.39, 0.29) is 5.41 Å². The van der Waals surface area contributed by atoms with Crippen LogP contribution in [0.25, 0.3) is 5.57 Å². The van der Waals surface area contributed by atoms with E-state index in [2.05, 4.69) is 32.6 Å². The van der Waals surface area contributed by atoms with Crippen LogP contribution in [0.2, 0.25) is 0 Å². The molecule has 0 aromatic heterocycles. The van der Waals surface area contributed by atoms with Gasteiger partial charge in [-0.05, 0) is 24.0 Å². The lowest BCUT2D eigenvalue weighted by atomic mass is 9.71. The molecular formula is C20H30O. The highest BCUT2D eigenvalue weighted by Gasteiger charge is 2.32. The van der Waals surface area contributed by atoms with E-state index in [1.54, 1.807) is 0 Å². The molecule has 21 heavy (non-hydrogen) atoms. The summed E-state index contributed by atoms with van der Waals surface area (Å²) in [6, 6.07) is 10.2. The quantitative estimate of drug-likeness (QED) is 0.358. The van der Waals surface area contributed by atoms with Crippen molar-refractivity contribution in [2.45, 2.75) is 65.2 Å². The Labute approximate surface area is 130 Å². The number of allylic oxidation sites excluding steroid dienone is 1. The number of carbonyl (C=O) groups is 1. The highest BCUT2D eigenvalue weighted by molar-refractivity contribution is 5.84. The molecule has 0 aliphatic heterocycles. The van der Waals surface area contributed by atoms with Crippen LogP contribution in [0.15, 0.2) is 36.9 Å². The van der Waals surface area contributed by atoms with Crippen molar-refractivity contribution in [3.63, 3.8) is 0 Å². The second kappa shape index (κ2) is 9.55. The predicted octanol–water partition coefficient (Wildman–Crippen LogP) is 6.05. The zero-order chi connectivity index (χ0) is 15.6. The van der Waals surface area contributed by atoms with E-state index in [4.69, 9.17) is 0 Å². The van der Waals surface area contributed by atoms with E-state index in [9.17, 15) is 4.79 Å². The Bertz CT molecular complexity index is 421. The Kier molecular flexibility index (Phi) is 8.04. The molecule has 0 saturated heterocycles. The minimum absolute atomic E-state index is 0.370. The van der Waals surface area contributed by atoms with Gasteiger partial charge in [-0.25, -0.2) is 0 Å². The molecule has 0 saturated carbocycles. The first-order chi connectivity index (χ1) is 10.2. The molecular weight excluding hydrogens is 256 g/mol. The highest BCUT2D eigenvalue weighted by Crippen LogP contribution is 2.41. The van der Waals surface area contributed by atoms with Gasteiger partial charge in [0.1, 0.15) is 6.29 Å². The smallest absolute Gasteiger partial charge is 0.130 e. The van der Waals surface area contributed by atoms with Crippen molar-refractivity contribution in [3.05, 3.63) is 42.5 Å². The molecule has 1 aromatic carbocycles. The van der Waals surface area contributed by atoms with Gasteiger partial charge in [0.2, 0.25) is 0 Å². The summed E-state index contributed by atoms with van der Waals surface area (Å²) in [5.41, 5.74) is 1.74. The van der Waals surface area contributed by atoms with Gasteiger partial charge >= 0.3 is 0 Å².